The summed E-state index contributed by atoms with van der Waals surface area (Å²) >= 11 is 1.52. The van der Waals surface area contributed by atoms with Crippen molar-refractivity contribution in [3.63, 3.8) is 0 Å². The van der Waals surface area contributed by atoms with E-state index in [0.29, 0.717) is 0 Å². The first-order valence-electron chi connectivity index (χ1n) is 9.54. The number of amides is 1. The van der Waals surface area contributed by atoms with E-state index in [1.165, 1.54) is 35.3 Å². The number of hydrogen-bond acceptors (Lipinski definition) is 4. The molecule has 1 aliphatic carbocycles. The molecule has 0 atom stereocenters. The first-order chi connectivity index (χ1) is 13.8. The van der Waals surface area contributed by atoms with Crippen LogP contribution < -0.4 is 5.32 Å². The van der Waals surface area contributed by atoms with Crippen LogP contribution in [-0.2, 0) is 24.2 Å². The Kier molecular flexibility index (Phi) is 4.41. The van der Waals surface area contributed by atoms with Gasteiger partial charge < -0.3 is 9.88 Å². The second-order valence-corrected chi connectivity index (χ2v) is 7.80. The number of benzene rings is 2. The van der Waals surface area contributed by atoms with E-state index in [2.05, 4.69) is 16.4 Å². The van der Waals surface area contributed by atoms with Crippen molar-refractivity contribution < 1.29 is 4.79 Å². The zero-order valence-corrected chi connectivity index (χ0v) is 16.2. The first-order valence-corrected chi connectivity index (χ1v) is 10.5. The molecule has 1 amide bonds. The third-order valence-corrected chi connectivity index (χ3v) is 5.87. The van der Waals surface area contributed by atoms with Gasteiger partial charge in [0.1, 0.15) is 12.2 Å². The van der Waals surface area contributed by atoms with Crippen LogP contribution in [0.5, 0.6) is 0 Å². The Morgan fingerprint density at radius 1 is 1.11 bits per heavy atom. The molecule has 0 saturated carbocycles. The van der Waals surface area contributed by atoms with Crippen molar-refractivity contribution in [1.29, 1.82) is 0 Å². The number of para-hydroxylation sites is 2. The molecule has 0 fully saturated rings. The van der Waals surface area contributed by atoms with Gasteiger partial charge in [0.05, 0.1) is 16.5 Å². The van der Waals surface area contributed by atoms with Gasteiger partial charge in [-0.2, -0.15) is 0 Å². The zero-order chi connectivity index (χ0) is 18.9. The number of thiazole rings is 1. The molecule has 5 rings (SSSR count). The number of rotatable bonds is 4. The van der Waals surface area contributed by atoms with Crippen molar-refractivity contribution in [2.45, 2.75) is 32.2 Å². The Morgan fingerprint density at radius 2 is 2.00 bits per heavy atom. The summed E-state index contributed by atoms with van der Waals surface area (Å²) in [6, 6.07) is 14.1. The number of hydrogen-bond donors (Lipinski definition) is 1. The molecule has 0 aliphatic heterocycles. The molecule has 5 nitrogen and oxygen atoms in total. The van der Waals surface area contributed by atoms with Gasteiger partial charge in [0.25, 0.3) is 0 Å². The Balaban J connectivity index is 1.47. The average molecular weight is 388 g/mol. The van der Waals surface area contributed by atoms with Crippen LogP contribution in [0.25, 0.3) is 22.6 Å². The zero-order valence-electron chi connectivity index (χ0n) is 15.4. The van der Waals surface area contributed by atoms with E-state index in [1.807, 2.05) is 46.3 Å². The number of carbonyl (C=O) groups is 1. The van der Waals surface area contributed by atoms with E-state index < -0.39 is 0 Å². The van der Waals surface area contributed by atoms with Gasteiger partial charge in [-0.3, -0.25) is 4.79 Å². The number of aromatic nitrogens is 3. The minimum Gasteiger partial charge on any atom is -0.324 e. The molecule has 0 bridgehead atoms. The third-order valence-electron chi connectivity index (χ3n) is 5.29. The van der Waals surface area contributed by atoms with Crippen molar-refractivity contribution in [3.05, 3.63) is 64.5 Å². The number of aryl methyl sites for hydroxylation is 1. The molecule has 2 aromatic heterocycles. The molecule has 0 spiro atoms. The first kappa shape index (κ1) is 17.1. The lowest BCUT2D eigenvalue weighted by atomic mass is 9.90. The van der Waals surface area contributed by atoms with Crippen LogP contribution >= 0.6 is 11.3 Å². The fraction of sp³-hybridized carbons (Fsp3) is 0.227. The van der Waals surface area contributed by atoms with Gasteiger partial charge in [0.2, 0.25) is 5.91 Å². The Hall–Kier alpha value is -2.99. The lowest BCUT2D eigenvalue weighted by molar-refractivity contribution is -0.116. The van der Waals surface area contributed by atoms with E-state index in [4.69, 9.17) is 4.98 Å². The summed E-state index contributed by atoms with van der Waals surface area (Å²) < 4.78 is 1.95. The number of nitrogens with zero attached hydrogens (tertiary/aromatic N) is 3. The number of fused-ring (bicyclic) bond motifs is 2. The minimum absolute atomic E-state index is 0.0430. The van der Waals surface area contributed by atoms with Gasteiger partial charge in [-0.05, 0) is 55.0 Å². The molecule has 0 radical (unpaired) electrons. The van der Waals surface area contributed by atoms with Gasteiger partial charge in [-0.15, -0.1) is 11.3 Å². The molecule has 0 saturated heterocycles. The summed E-state index contributed by atoms with van der Waals surface area (Å²) in [7, 11) is 0. The highest BCUT2D eigenvalue weighted by atomic mass is 32.1. The fourth-order valence-electron chi connectivity index (χ4n) is 3.99. The molecule has 0 unspecified atom stereocenters. The lowest BCUT2D eigenvalue weighted by Gasteiger charge is -2.20. The molecular formula is C22H20N4OS. The van der Waals surface area contributed by atoms with Crippen molar-refractivity contribution in [1.82, 2.24) is 14.5 Å². The smallest absolute Gasteiger partial charge is 0.244 e. The largest absolute Gasteiger partial charge is 0.324 e. The lowest BCUT2D eigenvalue weighted by Crippen LogP contribution is -2.21. The second kappa shape index (κ2) is 7.20. The summed E-state index contributed by atoms with van der Waals surface area (Å²) in [6.07, 6.45) is 4.53. The average Bonchev–Trinajstić information content (AvgIpc) is 3.37. The van der Waals surface area contributed by atoms with Gasteiger partial charge >= 0.3 is 0 Å². The van der Waals surface area contributed by atoms with E-state index in [-0.39, 0.29) is 12.5 Å². The minimum atomic E-state index is -0.0430. The van der Waals surface area contributed by atoms with E-state index in [1.54, 1.807) is 5.51 Å². The van der Waals surface area contributed by atoms with Crippen molar-refractivity contribution in [2.75, 3.05) is 5.32 Å². The Labute approximate surface area is 167 Å². The predicted octanol–water partition coefficient (Wildman–Crippen LogP) is 4.68. The number of carbonyl (C=O) groups excluding carboxylic acids is 1. The van der Waals surface area contributed by atoms with Crippen LogP contribution in [0.4, 0.5) is 5.69 Å². The molecule has 6 heteroatoms. The highest BCUT2D eigenvalue weighted by Gasteiger charge is 2.18. The fourth-order valence-corrected chi connectivity index (χ4v) is 4.52. The Morgan fingerprint density at radius 3 is 2.89 bits per heavy atom. The van der Waals surface area contributed by atoms with Crippen LogP contribution in [0.1, 0.15) is 24.0 Å². The molecule has 4 aromatic rings. The summed E-state index contributed by atoms with van der Waals surface area (Å²) in [6.45, 7) is 0.205. The summed E-state index contributed by atoms with van der Waals surface area (Å²) in [5, 5.41) is 5.10. The highest BCUT2D eigenvalue weighted by molar-refractivity contribution is 7.07. The van der Waals surface area contributed by atoms with Gasteiger partial charge in [-0.25, -0.2) is 9.97 Å². The maximum absolute atomic E-state index is 13.0. The van der Waals surface area contributed by atoms with E-state index >= 15 is 0 Å². The van der Waals surface area contributed by atoms with Gasteiger partial charge in [0, 0.05) is 11.1 Å². The molecule has 2 aromatic carbocycles. The maximum Gasteiger partial charge on any atom is 0.244 e. The van der Waals surface area contributed by atoms with Crippen LogP contribution in [0.2, 0.25) is 0 Å². The molecule has 1 aliphatic rings. The second-order valence-electron chi connectivity index (χ2n) is 7.08. The number of nitrogens with one attached hydrogen (secondary N) is 1. The predicted molar refractivity (Wildman–Crippen MR) is 113 cm³/mol. The maximum atomic E-state index is 13.0. The molecule has 2 heterocycles. The van der Waals surface area contributed by atoms with E-state index in [9.17, 15) is 4.79 Å². The number of anilines is 1. The van der Waals surface area contributed by atoms with Crippen LogP contribution in [0, 0.1) is 0 Å². The summed E-state index contributed by atoms with van der Waals surface area (Å²) in [4.78, 5) is 22.1. The topological polar surface area (TPSA) is 59.8 Å². The monoisotopic (exact) mass is 388 g/mol. The summed E-state index contributed by atoms with van der Waals surface area (Å²) in [5.74, 6) is 0.686. The SMILES string of the molecule is O=C(Cn1c(-c2cscn2)nc2ccccc21)Nc1cccc2c1CCCC2. The van der Waals surface area contributed by atoms with Crippen molar-refractivity contribution >= 4 is 34.0 Å². The molecular weight excluding hydrogens is 368 g/mol. The molecule has 28 heavy (non-hydrogen) atoms. The summed E-state index contributed by atoms with van der Waals surface area (Å²) in [5.41, 5.74) is 7.99. The van der Waals surface area contributed by atoms with Gasteiger partial charge in [0.15, 0.2) is 5.82 Å². The quantitative estimate of drug-likeness (QED) is 0.552. The number of imidazole rings is 1. The van der Waals surface area contributed by atoms with E-state index in [0.717, 1.165) is 41.1 Å². The van der Waals surface area contributed by atoms with Crippen LogP contribution in [-0.4, -0.2) is 20.4 Å². The van der Waals surface area contributed by atoms with Gasteiger partial charge in [-0.1, -0.05) is 24.3 Å². The van der Waals surface area contributed by atoms with Crippen LogP contribution in [0.3, 0.4) is 0 Å². The standard InChI is InChI=1S/C22H20N4OS/c27-21(24-17-10-5-7-15-6-1-2-8-16(15)17)12-26-20-11-4-3-9-18(20)25-22(26)19-13-28-14-23-19/h3-5,7,9-11,13-14H,1-2,6,8,12H2,(H,24,27). The Bertz CT molecular complexity index is 1150. The van der Waals surface area contributed by atoms with Crippen LogP contribution in [0.15, 0.2) is 53.4 Å². The molecule has 1 N–H and O–H groups in total. The third kappa shape index (κ3) is 3.10. The highest BCUT2D eigenvalue weighted by Crippen LogP contribution is 2.28. The molecule has 140 valence electrons. The van der Waals surface area contributed by atoms with Crippen molar-refractivity contribution in [2.24, 2.45) is 0 Å². The normalized spacial score (nSPS) is 13.4. The van der Waals surface area contributed by atoms with Crippen molar-refractivity contribution in [3.8, 4) is 11.5 Å².